The van der Waals surface area contributed by atoms with Gasteiger partial charge >= 0.3 is 0 Å². The lowest BCUT2D eigenvalue weighted by atomic mass is 10.1. The second-order valence-corrected chi connectivity index (χ2v) is 5.63. The number of hydrogen-bond acceptors (Lipinski definition) is 5. The predicted octanol–water partition coefficient (Wildman–Crippen LogP) is 0.685. The molecule has 1 aromatic heterocycles. The smallest absolute Gasteiger partial charge is 0.267 e. The Bertz CT molecular complexity index is 536. The van der Waals surface area contributed by atoms with Crippen LogP contribution < -0.4 is 10.7 Å². The van der Waals surface area contributed by atoms with Gasteiger partial charge in [0.05, 0.1) is 10.7 Å². The fraction of sp³-hybridized carbons (Fsp3) is 0.500. The summed E-state index contributed by atoms with van der Waals surface area (Å²) in [4.78, 5) is 28.2. The van der Waals surface area contributed by atoms with Crippen molar-refractivity contribution < 1.29 is 9.59 Å². The van der Waals surface area contributed by atoms with Gasteiger partial charge in [-0.05, 0) is 13.8 Å². The maximum Gasteiger partial charge on any atom is 0.267 e. The van der Waals surface area contributed by atoms with Gasteiger partial charge in [-0.15, -0.1) is 11.3 Å². The van der Waals surface area contributed by atoms with E-state index in [1.165, 1.54) is 4.88 Å². The van der Waals surface area contributed by atoms with Crippen molar-refractivity contribution in [3.63, 3.8) is 0 Å². The van der Waals surface area contributed by atoms with Crippen LogP contribution in [0.3, 0.4) is 0 Å². The highest BCUT2D eigenvalue weighted by atomic mass is 32.1. The summed E-state index contributed by atoms with van der Waals surface area (Å²) >= 11 is 1.65. The van der Waals surface area contributed by atoms with E-state index in [0.29, 0.717) is 25.1 Å². The minimum Gasteiger partial charge on any atom is -0.351 e. The van der Waals surface area contributed by atoms with Crippen LogP contribution in [0.15, 0.2) is 5.10 Å². The van der Waals surface area contributed by atoms with Crippen molar-refractivity contribution in [2.75, 3.05) is 6.54 Å². The zero-order valence-electron chi connectivity index (χ0n) is 10.9. The van der Waals surface area contributed by atoms with Crippen molar-refractivity contribution in [2.45, 2.75) is 33.1 Å². The molecule has 0 unspecified atom stereocenters. The molecular weight excluding hydrogens is 264 g/mol. The van der Waals surface area contributed by atoms with Crippen molar-refractivity contribution in [3.8, 4) is 0 Å². The Morgan fingerprint density at radius 2 is 2.21 bits per heavy atom. The number of hydrazone groups is 1. The second kappa shape index (κ2) is 5.92. The van der Waals surface area contributed by atoms with Crippen LogP contribution in [0.4, 0.5) is 0 Å². The molecule has 0 spiro atoms. The molecule has 0 fully saturated rings. The number of rotatable bonds is 4. The number of carbonyl (C=O) groups excluding carboxylic acids is 2. The summed E-state index contributed by atoms with van der Waals surface area (Å²) < 4.78 is 0. The van der Waals surface area contributed by atoms with E-state index >= 15 is 0 Å². The largest absolute Gasteiger partial charge is 0.351 e. The first-order valence-corrected chi connectivity index (χ1v) is 6.94. The van der Waals surface area contributed by atoms with Crippen LogP contribution in [-0.4, -0.2) is 29.1 Å². The lowest BCUT2D eigenvalue weighted by Gasteiger charge is -2.11. The van der Waals surface area contributed by atoms with Crippen LogP contribution in [-0.2, 0) is 16.0 Å². The van der Waals surface area contributed by atoms with Gasteiger partial charge < -0.3 is 5.32 Å². The summed E-state index contributed by atoms with van der Waals surface area (Å²) in [7, 11) is 0. The number of thiazole rings is 1. The summed E-state index contributed by atoms with van der Waals surface area (Å²) in [5, 5.41) is 7.60. The minimum absolute atomic E-state index is 0.146. The average molecular weight is 280 g/mol. The lowest BCUT2D eigenvalue weighted by molar-refractivity contribution is -0.121. The van der Waals surface area contributed by atoms with E-state index in [1.54, 1.807) is 11.3 Å². The lowest BCUT2D eigenvalue weighted by Crippen LogP contribution is -2.37. The highest BCUT2D eigenvalue weighted by Crippen LogP contribution is 2.17. The monoisotopic (exact) mass is 280 g/mol. The summed E-state index contributed by atoms with van der Waals surface area (Å²) in [6.07, 6.45) is 1.48. The van der Waals surface area contributed by atoms with E-state index in [-0.39, 0.29) is 11.8 Å². The topological polar surface area (TPSA) is 83.4 Å². The maximum atomic E-state index is 11.8. The zero-order chi connectivity index (χ0) is 13.8. The molecule has 1 aromatic rings. The number of aromatic nitrogens is 1. The van der Waals surface area contributed by atoms with Crippen molar-refractivity contribution in [3.05, 3.63) is 15.6 Å². The summed E-state index contributed by atoms with van der Waals surface area (Å²) in [5.41, 5.74) is 3.73. The normalized spacial score (nSPS) is 14.8. The Morgan fingerprint density at radius 1 is 1.42 bits per heavy atom. The van der Waals surface area contributed by atoms with Crippen molar-refractivity contribution in [1.29, 1.82) is 0 Å². The molecule has 2 amide bonds. The van der Waals surface area contributed by atoms with E-state index in [0.717, 1.165) is 17.1 Å². The first-order valence-electron chi connectivity index (χ1n) is 6.13. The third-order valence-corrected chi connectivity index (χ3v) is 3.94. The van der Waals surface area contributed by atoms with Crippen molar-refractivity contribution in [1.82, 2.24) is 15.7 Å². The van der Waals surface area contributed by atoms with Gasteiger partial charge in [-0.3, -0.25) is 9.59 Å². The molecule has 1 aliphatic heterocycles. The molecule has 6 nitrogen and oxygen atoms in total. The van der Waals surface area contributed by atoms with Gasteiger partial charge in [-0.1, -0.05) is 0 Å². The van der Waals surface area contributed by atoms with E-state index in [1.807, 2.05) is 13.8 Å². The number of carbonyl (C=O) groups is 2. The molecule has 2 heterocycles. The molecule has 0 saturated heterocycles. The fourth-order valence-corrected chi connectivity index (χ4v) is 2.77. The first kappa shape index (κ1) is 13.7. The van der Waals surface area contributed by atoms with E-state index < -0.39 is 0 Å². The number of nitrogens with zero attached hydrogens (tertiary/aromatic N) is 2. The van der Waals surface area contributed by atoms with Gasteiger partial charge in [0.25, 0.3) is 5.91 Å². The molecule has 1 aliphatic rings. The molecule has 2 N–H and O–H groups in total. The highest BCUT2D eigenvalue weighted by Gasteiger charge is 2.17. The number of nitrogens with one attached hydrogen (secondary N) is 2. The fourth-order valence-electron chi connectivity index (χ4n) is 1.83. The van der Waals surface area contributed by atoms with Gasteiger partial charge in [-0.2, -0.15) is 5.10 Å². The summed E-state index contributed by atoms with van der Waals surface area (Å²) in [5.74, 6) is -0.355. The molecule has 0 radical (unpaired) electrons. The van der Waals surface area contributed by atoms with Crippen LogP contribution in [0.25, 0.3) is 0 Å². The van der Waals surface area contributed by atoms with Crippen LogP contribution in [0.5, 0.6) is 0 Å². The molecule has 7 heteroatoms. The second-order valence-electron chi connectivity index (χ2n) is 4.34. The number of aryl methyl sites for hydroxylation is 2. The van der Waals surface area contributed by atoms with E-state index in [4.69, 9.17) is 0 Å². The van der Waals surface area contributed by atoms with Gasteiger partial charge in [-0.25, -0.2) is 10.4 Å². The average Bonchev–Trinajstić information content (AvgIpc) is 2.68. The number of amides is 2. The minimum atomic E-state index is -0.209. The zero-order valence-corrected chi connectivity index (χ0v) is 11.8. The van der Waals surface area contributed by atoms with Crippen LogP contribution >= 0.6 is 11.3 Å². The summed E-state index contributed by atoms with van der Waals surface area (Å²) in [6.45, 7) is 4.49. The third-order valence-electron chi connectivity index (χ3n) is 2.80. The summed E-state index contributed by atoms with van der Waals surface area (Å²) in [6, 6.07) is 0. The molecule has 0 saturated carbocycles. The molecule has 0 bridgehead atoms. The van der Waals surface area contributed by atoms with Gasteiger partial charge in [0.15, 0.2) is 0 Å². The quantitative estimate of drug-likeness (QED) is 0.851. The van der Waals surface area contributed by atoms with Crippen LogP contribution in [0, 0.1) is 13.8 Å². The molecule has 2 rings (SSSR count). The molecule has 0 atom stereocenters. The van der Waals surface area contributed by atoms with Crippen molar-refractivity contribution >= 4 is 28.9 Å². The van der Waals surface area contributed by atoms with Gasteiger partial charge in [0, 0.05) is 30.7 Å². The predicted molar refractivity (Wildman–Crippen MR) is 73.1 cm³/mol. The van der Waals surface area contributed by atoms with E-state index in [2.05, 4.69) is 20.8 Å². The Kier molecular flexibility index (Phi) is 4.26. The third kappa shape index (κ3) is 3.60. The van der Waals surface area contributed by atoms with E-state index in [9.17, 15) is 9.59 Å². The van der Waals surface area contributed by atoms with Crippen molar-refractivity contribution in [2.24, 2.45) is 5.10 Å². The molecule has 0 aliphatic carbocycles. The molecule has 19 heavy (non-hydrogen) atoms. The Hall–Kier alpha value is -1.76. The SMILES string of the molecule is Cc1nc(C)c(CCNC(=O)C2=NNC(=O)CC2)s1. The molecule has 102 valence electrons. The molecule has 0 aromatic carbocycles. The van der Waals surface area contributed by atoms with Crippen LogP contribution in [0.2, 0.25) is 0 Å². The first-order chi connectivity index (χ1) is 9.06. The number of hydrogen-bond donors (Lipinski definition) is 2. The highest BCUT2D eigenvalue weighted by molar-refractivity contribution is 7.11. The van der Waals surface area contributed by atoms with Gasteiger partial charge in [0.1, 0.15) is 5.71 Å². The Balaban J connectivity index is 1.81. The standard InChI is InChI=1S/C12H16N4O2S/c1-7-10(19-8(2)14-7)5-6-13-12(18)9-3-4-11(17)16-15-9/h3-6H2,1-2H3,(H,13,18)(H,16,17). The van der Waals surface area contributed by atoms with Gasteiger partial charge in [0.2, 0.25) is 5.91 Å². The maximum absolute atomic E-state index is 11.8. The Morgan fingerprint density at radius 3 is 2.79 bits per heavy atom. The van der Waals surface area contributed by atoms with Crippen LogP contribution in [0.1, 0.15) is 28.4 Å². The Labute approximate surface area is 115 Å². The molecular formula is C12H16N4O2S.